The van der Waals surface area contributed by atoms with Crippen molar-refractivity contribution < 1.29 is 12.8 Å². The van der Waals surface area contributed by atoms with Gasteiger partial charge in [-0.15, -0.1) is 0 Å². The molecule has 1 saturated heterocycles. The Morgan fingerprint density at radius 1 is 1.09 bits per heavy atom. The van der Waals surface area contributed by atoms with Gasteiger partial charge in [0.2, 0.25) is 10.0 Å². The largest absolute Gasteiger partial charge is 0.327 e. The normalized spacial score (nSPS) is 16.7. The van der Waals surface area contributed by atoms with Crippen LogP contribution in [0.3, 0.4) is 0 Å². The number of fused-ring (bicyclic) bond motifs is 1. The molecular formula is C24H31FN4O2S. The summed E-state index contributed by atoms with van der Waals surface area (Å²) in [5.74, 6) is 0.637. The monoisotopic (exact) mass is 458 g/mol. The van der Waals surface area contributed by atoms with Crippen LogP contribution in [0.25, 0.3) is 11.0 Å². The Balaban J connectivity index is 1.61. The molecule has 172 valence electrons. The average Bonchev–Trinajstić information content (AvgIpc) is 3.15. The fourth-order valence-corrected chi connectivity index (χ4v) is 5.94. The second kappa shape index (κ2) is 9.29. The molecule has 0 saturated carbocycles. The molecule has 0 radical (unpaired) electrons. The third-order valence-electron chi connectivity index (χ3n) is 6.47. The summed E-state index contributed by atoms with van der Waals surface area (Å²) < 4.78 is 43.2. The van der Waals surface area contributed by atoms with Crippen LogP contribution in [-0.2, 0) is 23.1 Å². The Morgan fingerprint density at radius 2 is 1.78 bits per heavy atom. The minimum absolute atomic E-state index is 0.0794. The van der Waals surface area contributed by atoms with Gasteiger partial charge in [-0.3, -0.25) is 4.90 Å². The van der Waals surface area contributed by atoms with E-state index in [-0.39, 0.29) is 11.9 Å². The molecule has 3 aromatic rings. The van der Waals surface area contributed by atoms with Crippen molar-refractivity contribution in [3.05, 3.63) is 59.7 Å². The first kappa shape index (κ1) is 22.9. The molecule has 2 heterocycles. The number of imidazole rings is 1. The quantitative estimate of drug-likeness (QED) is 0.521. The number of rotatable bonds is 7. The number of benzene rings is 2. The van der Waals surface area contributed by atoms with E-state index in [0.29, 0.717) is 30.0 Å². The van der Waals surface area contributed by atoms with Crippen LogP contribution in [0.5, 0.6) is 0 Å². The summed E-state index contributed by atoms with van der Waals surface area (Å²) in [6.07, 6.45) is 2.91. The zero-order valence-corrected chi connectivity index (χ0v) is 19.8. The maximum absolute atomic E-state index is 13.3. The van der Waals surface area contributed by atoms with E-state index in [1.54, 1.807) is 28.6 Å². The second-order valence-electron chi connectivity index (χ2n) is 8.53. The van der Waals surface area contributed by atoms with Gasteiger partial charge in [-0.1, -0.05) is 18.6 Å². The lowest BCUT2D eigenvalue weighted by molar-refractivity contribution is 0.244. The molecule has 1 aliphatic heterocycles. The Morgan fingerprint density at radius 3 is 2.44 bits per heavy atom. The Labute approximate surface area is 189 Å². The summed E-state index contributed by atoms with van der Waals surface area (Å²) in [5, 5.41) is 0. The van der Waals surface area contributed by atoms with E-state index in [9.17, 15) is 12.8 Å². The SMILES string of the molecule is CCn1c(CN(C)C(C)c2ccc(F)cc2)nc2cc(S(=O)(=O)N3CCCCC3)ccc21. The highest BCUT2D eigenvalue weighted by Crippen LogP contribution is 2.27. The summed E-state index contributed by atoms with van der Waals surface area (Å²) in [7, 11) is -1.48. The van der Waals surface area contributed by atoms with Crippen LogP contribution in [0.1, 0.15) is 50.5 Å². The first-order valence-corrected chi connectivity index (χ1v) is 12.7. The number of aryl methyl sites for hydroxylation is 1. The highest BCUT2D eigenvalue weighted by molar-refractivity contribution is 7.89. The fraction of sp³-hybridized carbons (Fsp3) is 0.458. The predicted molar refractivity (Wildman–Crippen MR) is 124 cm³/mol. The van der Waals surface area contributed by atoms with Gasteiger partial charge in [-0.25, -0.2) is 17.8 Å². The molecule has 1 aromatic heterocycles. The fourth-order valence-electron chi connectivity index (χ4n) is 4.40. The van der Waals surface area contributed by atoms with Gasteiger partial charge in [-0.05, 0) is 69.6 Å². The van der Waals surface area contributed by atoms with Gasteiger partial charge in [0.1, 0.15) is 11.6 Å². The number of sulfonamides is 1. The van der Waals surface area contributed by atoms with Crippen molar-refractivity contribution >= 4 is 21.1 Å². The molecule has 0 bridgehead atoms. The van der Waals surface area contributed by atoms with E-state index in [1.807, 2.05) is 13.1 Å². The van der Waals surface area contributed by atoms with Gasteiger partial charge >= 0.3 is 0 Å². The zero-order valence-electron chi connectivity index (χ0n) is 19.0. The summed E-state index contributed by atoms with van der Waals surface area (Å²) in [6.45, 7) is 6.64. The zero-order chi connectivity index (χ0) is 22.9. The Hall–Kier alpha value is -2.29. The minimum atomic E-state index is -3.50. The van der Waals surface area contributed by atoms with E-state index in [4.69, 9.17) is 4.98 Å². The molecule has 6 nitrogen and oxygen atoms in total. The molecule has 0 spiro atoms. The standard InChI is InChI=1S/C24H31FN4O2S/c1-4-29-23-13-12-21(32(30,31)28-14-6-5-7-15-28)16-22(23)26-24(29)17-27(3)18(2)19-8-10-20(25)11-9-19/h8-13,16,18H,4-7,14-15,17H2,1-3H3. The highest BCUT2D eigenvalue weighted by atomic mass is 32.2. The van der Waals surface area contributed by atoms with Crippen molar-refractivity contribution in [1.82, 2.24) is 18.8 Å². The summed E-state index contributed by atoms with van der Waals surface area (Å²) in [4.78, 5) is 7.28. The molecule has 2 aromatic carbocycles. The van der Waals surface area contributed by atoms with Gasteiger partial charge in [0.15, 0.2) is 0 Å². The topological polar surface area (TPSA) is 58.4 Å². The van der Waals surface area contributed by atoms with Crippen molar-refractivity contribution in [2.24, 2.45) is 0 Å². The van der Waals surface area contributed by atoms with Crippen LogP contribution in [-0.4, -0.2) is 47.3 Å². The van der Waals surface area contributed by atoms with Crippen LogP contribution in [0.2, 0.25) is 0 Å². The predicted octanol–water partition coefficient (Wildman–Crippen LogP) is 4.56. The first-order chi connectivity index (χ1) is 15.3. The van der Waals surface area contributed by atoms with Gasteiger partial charge in [0.05, 0.1) is 22.5 Å². The molecule has 0 N–H and O–H groups in total. The molecule has 32 heavy (non-hydrogen) atoms. The van der Waals surface area contributed by atoms with Crippen molar-refractivity contribution in [2.75, 3.05) is 20.1 Å². The van der Waals surface area contributed by atoms with Crippen molar-refractivity contribution in [3.8, 4) is 0 Å². The Kier molecular flexibility index (Phi) is 6.65. The van der Waals surface area contributed by atoms with Crippen LogP contribution in [0.15, 0.2) is 47.4 Å². The van der Waals surface area contributed by atoms with Crippen LogP contribution in [0, 0.1) is 5.82 Å². The third-order valence-corrected chi connectivity index (χ3v) is 8.37. The number of hydrogen-bond donors (Lipinski definition) is 0. The van der Waals surface area contributed by atoms with E-state index >= 15 is 0 Å². The van der Waals surface area contributed by atoms with Crippen molar-refractivity contribution in [2.45, 2.75) is 57.1 Å². The summed E-state index contributed by atoms with van der Waals surface area (Å²) in [6, 6.07) is 11.9. The number of halogens is 1. The van der Waals surface area contributed by atoms with Crippen LogP contribution < -0.4 is 0 Å². The molecule has 1 atom stereocenters. The van der Waals surface area contributed by atoms with Gasteiger partial charge in [-0.2, -0.15) is 4.31 Å². The summed E-state index contributed by atoms with van der Waals surface area (Å²) in [5.41, 5.74) is 2.66. The molecule has 1 aliphatic rings. The van der Waals surface area contributed by atoms with Gasteiger partial charge < -0.3 is 4.57 Å². The number of nitrogens with zero attached hydrogens (tertiary/aromatic N) is 4. The average molecular weight is 459 g/mol. The number of hydrogen-bond acceptors (Lipinski definition) is 4. The molecule has 1 fully saturated rings. The minimum Gasteiger partial charge on any atom is -0.327 e. The van der Waals surface area contributed by atoms with E-state index in [0.717, 1.165) is 42.7 Å². The van der Waals surface area contributed by atoms with E-state index in [2.05, 4.69) is 23.3 Å². The number of piperidine rings is 1. The maximum atomic E-state index is 13.3. The lowest BCUT2D eigenvalue weighted by Gasteiger charge is -2.25. The van der Waals surface area contributed by atoms with Gasteiger partial charge in [0.25, 0.3) is 0 Å². The van der Waals surface area contributed by atoms with Gasteiger partial charge in [0, 0.05) is 25.7 Å². The maximum Gasteiger partial charge on any atom is 0.243 e. The first-order valence-electron chi connectivity index (χ1n) is 11.3. The highest BCUT2D eigenvalue weighted by Gasteiger charge is 2.27. The number of aromatic nitrogens is 2. The lowest BCUT2D eigenvalue weighted by Crippen LogP contribution is -2.35. The Bertz CT molecular complexity index is 1180. The molecule has 0 aliphatic carbocycles. The molecule has 1 unspecified atom stereocenters. The lowest BCUT2D eigenvalue weighted by atomic mass is 10.1. The smallest absolute Gasteiger partial charge is 0.243 e. The summed E-state index contributed by atoms with van der Waals surface area (Å²) >= 11 is 0. The molecule has 0 amide bonds. The van der Waals surface area contributed by atoms with Crippen LogP contribution >= 0.6 is 0 Å². The molecular weight excluding hydrogens is 427 g/mol. The van der Waals surface area contributed by atoms with Crippen molar-refractivity contribution in [1.29, 1.82) is 0 Å². The molecule has 4 rings (SSSR count). The molecule has 8 heteroatoms. The van der Waals surface area contributed by atoms with E-state index < -0.39 is 10.0 Å². The van der Waals surface area contributed by atoms with E-state index in [1.165, 1.54) is 12.1 Å². The third kappa shape index (κ3) is 4.44. The van der Waals surface area contributed by atoms with Crippen molar-refractivity contribution in [3.63, 3.8) is 0 Å². The van der Waals surface area contributed by atoms with Crippen LogP contribution in [0.4, 0.5) is 4.39 Å². The second-order valence-corrected chi connectivity index (χ2v) is 10.5.